The largest absolute Gasteiger partial charge is 0.355 e. The molecule has 2 fully saturated rings. The Hall–Kier alpha value is -2.57. The fourth-order valence-electron chi connectivity index (χ4n) is 4.09. The van der Waals surface area contributed by atoms with Crippen molar-refractivity contribution in [3.63, 3.8) is 0 Å². The molecule has 0 aliphatic carbocycles. The lowest BCUT2D eigenvalue weighted by atomic mass is 9.77. The molecule has 0 saturated carbocycles. The van der Waals surface area contributed by atoms with Crippen LogP contribution in [0, 0.1) is 24.0 Å². The zero-order chi connectivity index (χ0) is 19.0. The molecule has 5 nitrogen and oxygen atoms in total. The maximum atomic E-state index is 13.4. The van der Waals surface area contributed by atoms with Crippen LogP contribution in [0.2, 0.25) is 0 Å². The van der Waals surface area contributed by atoms with Crippen LogP contribution in [-0.2, 0) is 11.3 Å². The molecule has 0 bridgehead atoms. The van der Waals surface area contributed by atoms with Gasteiger partial charge in [0.2, 0.25) is 5.91 Å². The second kappa shape index (κ2) is 6.87. The first kappa shape index (κ1) is 17.8. The number of likely N-dealkylation sites (tertiary alicyclic amines) is 1. The minimum Gasteiger partial charge on any atom is -0.355 e. The van der Waals surface area contributed by atoms with Gasteiger partial charge in [0.1, 0.15) is 0 Å². The number of anilines is 1. The van der Waals surface area contributed by atoms with E-state index < -0.39 is 11.6 Å². The van der Waals surface area contributed by atoms with Gasteiger partial charge in [-0.25, -0.2) is 8.78 Å². The van der Waals surface area contributed by atoms with Gasteiger partial charge in [0.25, 0.3) is 0 Å². The van der Waals surface area contributed by atoms with E-state index in [1.165, 1.54) is 12.1 Å². The van der Waals surface area contributed by atoms with E-state index in [4.69, 9.17) is 0 Å². The SMILES string of the molecule is Cc1ccc(N2CCC3(CC2)CC(=O)N(Cc2ccc(F)c(F)c2)C3)nn1. The minimum atomic E-state index is -0.874. The molecule has 0 unspecified atom stereocenters. The van der Waals surface area contributed by atoms with E-state index >= 15 is 0 Å². The van der Waals surface area contributed by atoms with Gasteiger partial charge in [0.05, 0.1) is 5.69 Å². The number of carbonyl (C=O) groups is 1. The minimum absolute atomic E-state index is 0.0374. The quantitative estimate of drug-likeness (QED) is 0.831. The topological polar surface area (TPSA) is 49.3 Å². The normalized spacial score (nSPS) is 19.1. The molecule has 0 radical (unpaired) electrons. The molecule has 27 heavy (non-hydrogen) atoms. The van der Waals surface area contributed by atoms with Gasteiger partial charge >= 0.3 is 0 Å². The lowest BCUT2D eigenvalue weighted by molar-refractivity contribution is -0.128. The molecule has 0 atom stereocenters. The lowest BCUT2D eigenvalue weighted by Gasteiger charge is -2.39. The number of benzene rings is 1. The highest BCUT2D eigenvalue weighted by Gasteiger charge is 2.44. The van der Waals surface area contributed by atoms with Crippen LogP contribution in [0.1, 0.15) is 30.5 Å². The Labute approximate surface area is 157 Å². The summed E-state index contributed by atoms with van der Waals surface area (Å²) < 4.78 is 26.5. The molecule has 7 heteroatoms. The molecule has 3 heterocycles. The molecule has 1 spiro atoms. The van der Waals surface area contributed by atoms with Gasteiger partial charge in [-0.3, -0.25) is 4.79 Å². The summed E-state index contributed by atoms with van der Waals surface area (Å²) in [5.74, 6) is -0.780. The Morgan fingerprint density at radius 1 is 1.07 bits per heavy atom. The first-order valence-electron chi connectivity index (χ1n) is 9.21. The van der Waals surface area contributed by atoms with Crippen LogP contribution in [0.5, 0.6) is 0 Å². The summed E-state index contributed by atoms with van der Waals surface area (Å²) in [5.41, 5.74) is 1.47. The van der Waals surface area contributed by atoms with E-state index in [0.29, 0.717) is 25.1 Å². The fourth-order valence-corrected chi connectivity index (χ4v) is 4.09. The second-order valence-electron chi connectivity index (χ2n) is 7.70. The highest BCUT2D eigenvalue weighted by molar-refractivity contribution is 5.79. The van der Waals surface area contributed by atoms with Crippen LogP contribution < -0.4 is 4.90 Å². The fraction of sp³-hybridized carbons (Fsp3) is 0.450. The van der Waals surface area contributed by atoms with Crippen LogP contribution in [0.15, 0.2) is 30.3 Å². The Balaban J connectivity index is 1.40. The first-order chi connectivity index (χ1) is 12.9. The van der Waals surface area contributed by atoms with Crippen molar-refractivity contribution in [1.82, 2.24) is 15.1 Å². The maximum Gasteiger partial charge on any atom is 0.223 e. The Morgan fingerprint density at radius 2 is 1.85 bits per heavy atom. The van der Waals surface area contributed by atoms with Gasteiger partial charge in [-0.15, -0.1) is 5.10 Å². The average Bonchev–Trinajstić information content (AvgIpc) is 2.95. The van der Waals surface area contributed by atoms with Gasteiger partial charge < -0.3 is 9.80 Å². The summed E-state index contributed by atoms with van der Waals surface area (Å²) >= 11 is 0. The monoisotopic (exact) mass is 372 g/mol. The van der Waals surface area contributed by atoms with Gasteiger partial charge in [-0.1, -0.05) is 6.07 Å². The predicted octanol–water partition coefficient (Wildman–Crippen LogP) is 3.08. The van der Waals surface area contributed by atoms with Gasteiger partial charge in [0, 0.05) is 38.0 Å². The molecule has 1 amide bonds. The summed E-state index contributed by atoms with van der Waals surface area (Å²) in [6.45, 7) is 4.57. The molecular formula is C20H22F2N4O. The van der Waals surface area contributed by atoms with Gasteiger partial charge in [-0.05, 0) is 49.6 Å². The van der Waals surface area contributed by atoms with E-state index in [1.54, 1.807) is 4.90 Å². The summed E-state index contributed by atoms with van der Waals surface area (Å²) in [7, 11) is 0. The number of nitrogens with zero attached hydrogens (tertiary/aromatic N) is 4. The molecule has 1 aromatic heterocycles. The summed E-state index contributed by atoms with van der Waals surface area (Å²) in [4.78, 5) is 16.5. The second-order valence-corrected chi connectivity index (χ2v) is 7.70. The third-order valence-electron chi connectivity index (χ3n) is 5.69. The number of aryl methyl sites for hydroxylation is 1. The molecule has 142 valence electrons. The van der Waals surface area contributed by atoms with Crippen molar-refractivity contribution in [2.24, 2.45) is 5.41 Å². The number of amides is 1. The van der Waals surface area contributed by atoms with Crippen molar-refractivity contribution in [2.75, 3.05) is 24.5 Å². The number of halogens is 2. The average molecular weight is 372 g/mol. The summed E-state index contributed by atoms with van der Waals surface area (Å²) in [6.07, 6.45) is 2.33. The molecule has 2 aliphatic rings. The third kappa shape index (κ3) is 3.63. The molecule has 0 N–H and O–H groups in total. The number of carbonyl (C=O) groups excluding carboxylic acids is 1. The number of hydrogen-bond acceptors (Lipinski definition) is 4. The van der Waals surface area contributed by atoms with E-state index in [-0.39, 0.29) is 11.3 Å². The van der Waals surface area contributed by atoms with Crippen LogP contribution >= 0.6 is 0 Å². The standard InChI is InChI=1S/C20H22F2N4O/c1-14-2-5-18(24-23-14)25-8-6-20(7-9-25)11-19(27)26(13-20)12-15-3-4-16(21)17(22)10-15/h2-5,10H,6-9,11-13H2,1H3. The third-order valence-corrected chi connectivity index (χ3v) is 5.69. The number of piperidine rings is 1. The van der Waals surface area contributed by atoms with Crippen molar-refractivity contribution >= 4 is 11.7 Å². The van der Waals surface area contributed by atoms with Crippen molar-refractivity contribution in [3.05, 3.63) is 53.2 Å². The molecule has 2 aromatic rings. The zero-order valence-corrected chi connectivity index (χ0v) is 15.3. The highest BCUT2D eigenvalue weighted by atomic mass is 19.2. The highest BCUT2D eigenvalue weighted by Crippen LogP contribution is 2.42. The first-order valence-corrected chi connectivity index (χ1v) is 9.21. The lowest BCUT2D eigenvalue weighted by Crippen LogP contribution is -2.42. The Kier molecular flexibility index (Phi) is 4.53. The van der Waals surface area contributed by atoms with Crippen LogP contribution in [0.25, 0.3) is 0 Å². The van der Waals surface area contributed by atoms with Crippen LogP contribution in [-0.4, -0.2) is 40.6 Å². The van der Waals surface area contributed by atoms with E-state index in [1.807, 2.05) is 19.1 Å². The smallest absolute Gasteiger partial charge is 0.223 e. The van der Waals surface area contributed by atoms with E-state index in [2.05, 4.69) is 15.1 Å². The number of hydrogen-bond donors (Lipinski definition) is 0. The Morgan fingerprint density at radius 3 is 2.52 bits per heavy atom. The van der Waals surface area contributed by atoms with Crippen molar-refractivity contribution < 1.29 is 13.6 Å². The van der Waals surface area contributed by atoms with Crippen molar-refractivity contribution in [2.45, 2.75) is 32.7 Å². The predicted molar refractivity (Wildman–Crippen MR) is 97.0 cm³/mol. The van der Waals surface area contributed by atoms with Gasteiger partial charge in [0.15, 0.2) is 17.5 Å². The van der Waals surface area contributed by atoms with Gasteiger partial charge in [-0.2, -0.15) is 5.10 Å². The maximum absolute atomic E-state index is 13.4. The van der Waals surface area contributed by atoms with E-state index in [9.17, 15) is 13.6 Å². The number of aromatic nitrogens is 2. The molecule has 1 aromatic carbocycles. The molecule has 2 aliphatic heterocycles. The summed E-state index contributed by atoms with van der Waals surface area (Å²) in [6, 6.07) is 7.76. The zero-order valence-electron chi connectivity index (χ0n) is 15.3. The van der Waals surface area contributed by atoms with Crippen molar-refractivity contribution in [1.29, 1.82) is 0 Å². The number of rotatable bonds is 3. The van der Waals surface area contributed by atoms with Crippen LogP contribution in [0.4, 0.5) is 14.6 Å². The molecule has 4 rings (SSSR count). The molecular weight excluding hydrogens is 350 g/mol. The van der Waals surface area contributed by atoms with Crippen molar-refractivity contribution in [3.8, 4) is 0 Å². The van der Waals surface area contributed by atoms with Crippen LogP contribution in [0.3, 0.4) is 0 Å². The Bertz CT molecular complexity index is 848. The molecule has 2 saturated heterocycles. The van der Waals surface area contributed by atoms with E-state index in [0.717, 1.165) is 43.5 Å². The summed E-state index contributed by atoms with van der Waals surface area (Å²) in [5, 5.41) is 8.37.